The average Bonchev–Trinajstić information content (AvgIpc) is 3.49. The molecular formula is C21H17N3O4S. The third kappa shape index (κ3) is 3.97. The Morgan fingerprint density at radius 3 is 2.86 bits per heavy atom. The van der Waals surface area contributed by atoms with Gasteiger partial charge in [0.25, 0.3) is 5.91 Å². The van der Waals surface area contributed by atoms with E-state index in [1.165, 1.54) is 18.4 Å². The zero-order valence-corrected chi connectivity index (χ0v) is 16.3. The van der Waals surface area contributed by atoms with Crippen LogP contribution in [0.15, 0.2) is 69.6 Å². The number of carbonyl (C=O) groups excluding carboxylic acids is 2. The molecule has 1 amide bonds. The van der Waals surface area contributed by atoms with Gasteiger partial charge < -0.3 is 13.7 Å². The molecule has 0 aliphatic heterocycles. The molecule has 146 valence electrons. The first-order valence-corrected chi connectivity index (χ1v) is 9.65. The smallest absolute Gasteiger partial charge is 0.373 e. The van der Waals surface area contributed by atoms with Gasteiger partial charge in [-0.15, -0.1) is 11.3 Å². The Morgan fingerprint density at radius 1 is 1.21 bits per heavy atom. The minimum Gasteiger partial charge on any atom is -0.463 e. The van der Waals surface area contributed by atoms with Crippen LogP contribution in [0.25, 0.3) is 10.9 Å². The van der Waals surface area contributed by atoms with Gasteiger partial charge in [0.15, 0.2) is 0 Å². The number of methoxy groups -OCH3 is 1. The summed E-state index contributed by atoms with van der Waals surface area (Å²) in [4.78, 5) is 24.2. The predicted molar refractivity (Wildman–Crippen MR) is 110 cm³/mol. The lowest BCUT2D eigenvalue weighted by atomic mass is 10.2. The molecule has 0 spiro atoms. The van der Waals surface area contributed by atoms with Crippen LogP contribution in [0.5, 0.6) is 0 Å². The number of nitrogens with one attached hydrogen (secondary N) is 1. The molecule has 1 N–H and O–H groups in total. The first-order chi connectivity index (χ1) is 14.2. The second-order valence-corrected chi connectivity index (χ2v) is 7.11. The highest BCUT2D eigenvalue weighted by Gasteiger charge is 2.13. The van der Waals surface area contributed by atoms with E-state index in [1.807, 2.05) is 46.5 Å². The van der Waals surface area contributed by atoms with Crippen LogP contribution in [0.4, 0.5) is 0 Å². The number of benzene rings is 1. The summed E-state index contributed by atoms with van der Waals surface area (Å²) in [6.45, 7) is 0.437. The van der Waals surface area contributed by atoms with Crippen molar-refractivity contribution >= 4 is 40.3 Å². The molecule has 3 heterocycles. The van der Waals surface area contributed by atoms with E-state index in [4.69, 9.17) is 4.42 Å². The van der Waals surface area contributed by atoms with Crippen LogP contribution in [0.2, 0.25) is 0 Å². The lowest BCUT2D eigenvalue weighted by molar-refractivity contribution is 0.0562. The van der Waals surface area contributed by atoms with Gasteiger partial charge in [0.2, 0.25) is 5.76 Å². The molecular weight excluding hydrogens is 390 g/mol. The number of hydrogen-bond donors (Lipinski definition) is 1. The van der Waals surface area contributed by atoms with Gasteiger partial charge in [-0.1, -0.05) is 24.3 Å². The van der Waals surface area contributed by atoms with E-state index in [1.54, 1.807) is 24.4 Å². The fourth-order valence-corrected chi connectivity index (χ4v) is 3.59. The summed E-state index contributed by atoms with van der Waals surface area (Å²) < 4.78 is 12.2. The molecule has 0 unspecified atom stereocenters. The third-order valence-electron chi connectivity index (χ3n) is 4.31. The van der Waals surface area contributed by atoms with Gasteiger partial charge in [-0.05, 0) is 29.6 Å². The number of aromatic nitrogens is 1. The van der Waals surface area contributed by atoms with E-state index < -0.39 is 5.97 Å². The zero-order chi connectivity index (χ0) is 20.2. The number of para-hydroxylation sites is 1. The van der Waals surface area contributed by atoms with Crippen molar-refractivity contribution in [3.63, 3.8) is 0 Å². The number of esters is 1. The van der Waals surface area contributed by atoms with Gasteiger partial charge in [0.05, 0.1) is 24.7 Å². The number of hydrogen-bond acceptors (Lipinski definition) is 6. The number of hydrazone groups is 1. The number of furan rings is 1. The average molecular weight is 407 g/mol. The number of thiophene rings is 1. The Morgan fingerprint density at radius 2 is 2.07 bits per heavy atom. The monoisotopic (exact) mass is 407 g/mol. The van der Waals surface area contributed by atoms with Crippen LogP contribution in [0.1, 0.15) is 31.6 Å². The molecule has 0 saturated heterocycles. The van der Waals surface area contributed by atoms with Crippen molar-refractivity contribution in [2.45, 2.75) is 6.54 Å². The Hall–Kier alpha value is -3.65. The molecule has 0 atom stereocenters. The highest BCUT2D eigenvalue weighted by Crippen LogP contribution is 2.22. The molecule has 4 aromatic rings. The fraction of sp³-hybridized carbons (Fsp3) is 0.0952. The summed E-state index contributed by atoms with van der Waals surface area (Å²) in [6, 6.07) is 14.8. The normalized spacial score (nSPS) is 11.2. The molecule has 0 bridgehead atoms. The second-order valence-electron chi connectivity index (χ2n) is 6.16. The Balaban J connectivity index is 1.56. The zero-order valence-electron chi connectivity index (χ0n) is 15.5. The van der Waals surface area contributed by atoms with Crippen molar-refractivity contribution in [2.75, 3.05) is 7.11 Å². The number of amides is 1. The molecule has 7 nitrogen and oxygen atoms in total. The van der Waals surface area contributed by atoms with Crippen LogP contribution in [0.3, 0.4) is 0 Å². The third-order valence-corrected chi connectivity index (χ3v) is 5.18. The van der Waals surface area contributed by atoms with Crippen LogP contribution in [0, 0.1) is 0 Å². The van der Waals surface area contributed by atoms with E-state index in [0.29, 0.717) is 17.2 Å². The summed E-state index contributed by atoms with van der Waals surface area (Å²) in [6.07, 6.45) is 3.54. The summed E-state index contributed by atoms with van der Waals surface area (Å²) in [5, 5.41) is 6.92. The van der Waals surface area contributed by atoms with Gasteiger partial charge in [-0.3, -0.25) is 4.79 Å². The molecule has 0 aliphatic rings. The lowest BCUT2D eigenvalue weighted by Gasteiger charge is -2.02. The minimum absolute atomic E-state index is 0.164. The molecule has 4 rings (SSSR count). The summed E-state index contributed by atoms with van der Waals surface area (Å²) in [5.41, 5.74) is 4.38. The first kappa shape index (κ1) is 18.7. The highest BCUT2D eigenvalue weighted by molar-refractivity contribution is 7.12. The first-order valence-electron chi connectivity index (χ1n) is 8.77. The summed E-state index contributed by atoms with van der Waals surface area (Å²) in [7, 11) is 1.31. The molecule has 8 heteroatoms. The molecule has 0 fully saturated rings. The Labute approximate surface area is 170 Å². The maximum atomic E-state index is 12.0. The van der Waals surface area contributed by atoms with E-state index in [0.717, 1.165) is 16.5 Å². The molecule has 1 aromatic carbocycles. The number of ether oxygens (including phenoxy) is 1. The van der Waals surface area contributed by atoms with Crippen LogP contribution in [-0.2, 0) is 11.3 Å². The van der Waals surface area contributed by atoms with Crippen LogP contribution < -0.4 is 5.43 Å². The maximum absolute atomic E-state index is 12.0. The SMILES string of the molecule is COC(=O)c1ccc(Cn2cc(/C=N/NC(=O)c3cccs3)c3ccccc32)o1. The minimum atomic E-state index is -0.511. The summed E-state index contributed by atoms with van der Waals surface area (Å²) in [5.74, 6) is 0.0338. The number of nitrogens with zero attached hydrogens (tertiary/aromatic N) is 2. The summed E-state index contributed by atoms with van der Waals surface area (Å²) >= 11 is 1.36. The van der Waals surface area contributed by atoms with Gasteiger partial charge in [0.1, 0.15) is 5.76 Å². The molecule has 3 aromatic heterocycles. The largest absolute Gasteiger partial charge is 0.463 e. The van der Waals surface area contributed by atoms with Crippen molar-refractivity contribution in [3.05, 3.63) is 82.1 Å². The molecule has 0 aliphatic carbocycles. The number of carbonyl (C=O) groups is 2. The Kier molecular flexibility index (Phi) is 5.26. The molecule has 0 saturated carbocycles. The van der Waals surface area contributed by atoms with Crippen LogP contribution in [-0.4, -0.2) is 29.8 Å². The highest BCUT2D eigenvalue weighted by atomic mass is 32.1. The lowest BCUT2D eigenvalue weighted by Crippen LogP contribution is -2.16. The maximum Gasteiger partial charge on any atom is 0.373 e. The van der Waals surface area contributed by atoms with E-state index in [-0.39, 0.29) is 11.7 Å². The van der Waals surface area contributed by atoms with Crippen molar-refractivity contribution in [1.29, 1.82) is 0 Å². The fourth-order valence-electron chi connectivity index (χ4n) is 2.97. The van der Waals surface area contributed by atoms with Crippen molar-refractivity contribution < 1.29 is 18.7 Å². The topological polar surface area (TPSA) is 85.8 Å². The quantitative estimate of drug-likeness (QED) is 0.298. The molecule has 0 radical (unpaired) electrons. The number of fused-ring (bicyclic) bond motifs is 1. The molecule has 29 heavy (non-hydrogen) atoms. The van der Waals surface area contributed by atoms with E-state index >= 15 is 0 Å². The Bertz CT molecular complexity index is 1190. The van der Waals surface area contributed by atoms with Gasteiger partial charge >= 0.3 is 5.97 Å². The van der Waals surface area contributed by atoms with E-state index in [9.17, 15) is 9.59 Å². The van der Waals surface area contributed by atoms with Crippen molar-refractivity contribution in [1.82, 2.24) is 9.99 Å². The van der Waals surface area contributed by atoms with Gasteiger partial charge in [-0.25, -0.2) is 10.2 Å². The van der Waals surface area contributed by atoms with Crippen molar-refractivity contribution in [2.24, 2.45) is 5.10 Å². The van der Waals surface area contributed by atoms with Crippen molar-refractivity contribution in [3.8, 4) is 0 Å². The van der Waals surface area contributed by atoms with Gasteiger partial charge in [-0.2, -0.15) is 5.10 Å². The number of rotatable bonds is 6. The van der Waals surface area contributed by atoms with Crippen LogP contribution >= 0.6 is 11.3 Å². The predicted octanol–water partition coefficient (Wildman–Crippen LogP) is 3.89. The van der Waals surface area contributed by atoms with E-state index in [2.05, 4.69) is 15.3 Å². The van der Waals surface area contributed by atoms with Gasteiger partial charge in [0, 0.05) is 22.7 Å². The second kappa shape index (κ2) is 8.15. The standard InChI is InChI=1S/C21H17N3O4S/c1-27-21(26)18-9-8-15(28-18)13-24-12-14(16-5-2-3-6-17(16)24)11-22-23-20(25)19-7-4-10-29-19/h2-12H,13H2,1H3,(H,23,25)/b22-11+.